The monoisotopic (exact) mass is 224 g/mol. The number of hydrogen-bond donors (Lipinski definition) is 1. The lowest BCUT2D eigenvalue weighted by Gasteiger charge is -1.93. The fraction of sp³-hybridized carbons (Fsp3) is 0.125. The molecule has 0 spiro atoms. The third kappa shape index (κ3) is 2.01. The molecule has 0 bridgehead atoms. The molecule has 6 nitrogen and oxygen atoms in total. The molecule has 0 unspecified atom stereocenters. The van der Waals surface area contributed by atoms with Gasteiger partial charge in [0.05, 0.1) is 17.6 Å². The van der Waals surface area contributed by atoms with E-state index in [9.17, 15) is 8.42 Å². The second kappa shape index (κ2) is 3.43. The van der Waals surface area contributed by atoms with E-state index < -0.39 is 9.84 Å². The van der Waals surface area contributed by atoms with Crippen LogP contribution in [-0.2, 0) is 9.84 Å². The summed E-state index contributed by atoms with van der Waals surface area (Å²) in [4.78, 5) is 14.2. The Bertz CT molecular complexity index is 561. The van der Waals surface area contributed by atoms with Crippen molar-refractivity contribution in [2.45, 2.75) is 5.16 Å². The molecule has 0 radical (unpaired) electrons. The molecule has 2 aromatic heterocycles. The van der Waals surface area contributed by atoms with Crippen molar-refractivity contribution in [3.63, 3.8) is 0 Å². The second-order valence-corrected chi connectivity index (χ2v) is 4.90. The molecule has 0 aliphatic heterocycles. The molecular weight excluding hydrogens is 216 g/mol. The molecule has 15 heavy (non-hydrogen) atoms. The lowest BCUT2D eigenvalue weighted by atomic mass is 10.3. The van der Waals surface area contributed by atoms with Crippen molar-refractivity contribution in [2.24, 2.45) is 0 Å². The predicted molar refractivity (Wildman–Crippen MR) is 52.7 cm³/mol. The highest BCUT2D eigenvalue weighted by atomic mass is 32.2. The van der Waals surface area contributed by atoms with Crippen molar-refractivity contribution >= 4 is 9.84 Å². The lowest BCUT2D eigenvalue weighted by molar-refractivity contribution is 0.595. The predicted octanol–water partition coefficient (Wildman–Crippen LogP) is 0.270. The van der Waals surface area contributed by atoms with Gasteiger partial charge in [-0.15, -0.1) is 0 Å². The van der Waals surface area contributed by atoms with Crippen molar-refractivity contribution < 1.29 is 8.42 Å². The Balaban J connectivity index is 2.46. The van der Waals surface area contributed by atoms with Gasteiger partial charge in [-0.05, 0) is 6.07 Å². The second-order valence-electron chi connectivity index (χ2n) is 2.97. The van der Waals surface area contributed by atoms with Crippen molar-refractivity contribution in [3.05, 3.63) is 24.8 Å². The Morgan fingerprint density at radius 1 is 1.33 bits per heavy atom. The summed E-state index contributed by atoms with van der Waals surface area (Å²) in [7, 11) is -3.30. The zero-order chi connectivity index (χ0) is 10.9. The molecule has 0 aliphatic rings. The van der Waals surface area contributed by atoms with E-state index in [1.807, 2.05) is 0 Å². The topological polar surface area (TPSA) is 88.6 Å². The average molecular weight is 224 g/mol. The van der Waals surface area contributed by atoms with Crippen LogP contribution in [-0.4, -0.2) is 34.6 Å². The van der Waals surface area contributed by atoms with E-state index in [0.29, 0.717) is 11.4 Å². The van der Waals surface area contributed by atoms with E-state index in [0.717, 1.165) is 6.26 Å². The van der Waals surface area contributed by atoms with Crippen LogP contribution in [0.4, 0.5) is 0 Å². The Morgan fingerprint density at radius 3 is 2.67 bits per heavy atom. The van der Waals surface area contributed by atoms with Gasteiger partial charge in [-0.2, -0.15) is 0 Å². The van der Waals surface area contributed by atoms with Crippen LogP contribution >= 0.6 is 0 Å². The highest BCUT2D eigenvalue weighted by molar-refractivity contribution is 7.90. The van der Waals surface area contributed by atoms with Gasteiger partial charge in [0.25, 0.3) is 0 Å². The van der Waals surface area contributed by atoms with Gasteiger partial charge in [-0.25, -0.2) is 23.4 Å². The standard InChI is InChI=1S/C8H8N4O2S/c1-15(13,14)8-10-4-7(12-8)6-2-3-9-5-11-6/h2-5H,1H3,(H,10,12). The van der Waals surface area contributed by atoms with Gasteiger partial charge in [0.1, 0.15) is 6.33 Å². The number of imidazole rings is 1. The highest BCUT2D eigenvalue weighted by Gasteiger charge is 2.12. The Morgan fingerprint density at radius 2 is 2.13 bits per heavy atom. The van der Waals surface area contributed by atoms with Gasteiger partial charge < -0.3 is 4.98 Å². The summed E-state index contributed by atoms with van der Waals surface area (Å²) >= 11 is 0. The molecule has 2 aromatic rings. The van der Waals surface area contributed by atoms with Crippen LogP contribution in [0.3, 0.4) is 0 Å². The first-order valence-electron chi connectivity index (χ1n) is 4.09. The fourth-order valence-electron chi connectivity index (χ4n) is 1.07. The summed E-state index contributed by atoms with van der Waals surface area (Å²) in [5.41, 5.74) is 1.16. The van der Waals surface area contributed by atoms with Crippen LogP contribution in [0.25, 0.3) is 11.4 Å². The largest absolute Gasteiger partial charge is 0.328 e. The van der Waals surface area contributed by atoms with Gasteiger partial charge in [0.15, 0.2) is 0 Å². The summed E-state index contributed by atoms with van der Waals surface area (Å²) in [5.74, 6) is 0. The summed E-state index contributed by atoms with van der Waals surface area (Å²) < 4.78 is 22.3. The Hall–Kier alpha value is -1.76. The maximum Gasteiger partial charge on any atom is 0.225 e. The number of aromatic nitrogens is 4. The zero-order valence-electron chi connectivity index (χ0n) is 7.88. The van der Waals surface area contributed by atoms with E-state index in [2.05, 4.69) is 19.9 Å². The van der Waals surface area contributed by atoms with Crippen molar-refractivity contribution in [1.29, 1.82) is 0 Å². The quantitative estimate of drug-likeness (QED) is 0.791. The SMILES string of the molecule is CS(=O)(=O)c1ncc(-c2ccncn2)[nH]1. The Kier molecular flexibility index (Phi) is 2.24. The van der Waals surface area contributed by atoms with Crippen LogP contribution in [0.15, 0.2) is 29.9 Å². The van der Waals surface area contributed by atoms with Gasteiger partial charge in [0.2, 0.25) is 15.0 Å². The molecule has 0 saturated heterocycles. The summed E-state index contributed by atoms with van der Waals surface area (Å²) in [6.45, 7) is 0. The molecule has 0 amide bonds. The number of rotatable bonds is 2. The molecule has 0 aromatic carbocycles. The van der Waals surface area contributed by atoms with Crippen LogP contribution in [0.2, 0.25) is 0 Å². The smallest absolute Gasteiger partial charge is 0.225 e. The highest BCUT2D eigenvalue weighted by Crippen LogP contribution is 2.14. The van der Waals surface area contributed by atoms with Gasteiger partial charge >= 0.3 is 0 Å². The minimum absolute atomic E-state index is 0.0592. The van der Waals surface area contributed by atoms with E-state index in [-0.39, 0.29) is 5.16 Å². The van der Waals surface area contributed by atoms with Crippen molar-refractivity contribution in [1.82, 2.24) is 19.9 Å². The van der Waals surface area contributed by atoms with Crippen LogP contribution in [0.1, 0.15) is 0 Å². The minimum Gasteiger partial charge on any atom is -0.328 e. The van der Waals surface area contributed by atoms with Crippen LogP contribution in [0, 0.1) is 0 Å². The van der Waals surface area contributed by atoms with E-state index >= 15 is 0 Å². The summed E-state index contributed by atoms with van der Waals surface area (Å²) in [6.07, 6.45) is 5.48. The maximum absolute atomic E-state index is 11.2. The van der Waals surface area contributed by atoms with Crippen molar-refractivity contribution in [3.8, 4) is 11.4 Å². The van der Waals surface area contributed by atoms with Crippen LogP contribution < -0.4 is 0 Å². The normalized spacial score (nSPS) is 11.5. The molecule has 0 aliphatic carbocycles. The number of nitrogens with zero attached hydrogens (tertiary/aromatic N) is 3. The van der Waals surface area contributed by atoms with E-state index in [4.69, 9.17) is 0 Å². The van der Waals surface area contributed by atoms with E-state index in [1.54, 1.807) is 12.3 Å². The summed E-state index contributed by atoms with van der Waals surface area (Å²) in [5, 5.41) is -0.0592. The number of nitrogens with one attached hydrogen (secondary N) is 1. The van der Waals surface area contributed by atoms with Crippen molar-refractivity contribution in [2.75, 3.05) is 6.26 Å². The molecule has 7 heteroatoms. The third-order valence-corrected chi connectivity index (χ3v) is 2.67. The molecular formula is C8H8N4O2S. The number of H-pyrrole nitrogens is 1. The molecule has 0 atom stereocenters. The molecule has 0 fully saturated rings. The number of sulfone groups is 1. The lowest BCUT2D eigenvalue weighted by Crippen LogP contribution is -1.99. The molecule has 2 rings (SSSR count). The average Bonchev–Trinajstić information content (AvgIpc) is 2.67. The number of hydrogen-bond acceptors (Lipinski definition) is 5. The first kappa shape index (κ1) is 9.78. The molecule has 78 valence electrons. The van der Waals surface area contributed by atoms with Gasteiger partial charge in [-0.1, -0.05) is 0 Å². The molecule has 1 N–H and O–H groups in total. The summed E-state index contributed by atoms with van der Waals surface area (Å²) in [6, 6.07) is 1.67. The molecule has 0 saturated carbocycles. The first-order valence-corrected chi connectivity index (χ1v) is 5.98. The maximum atomic E-state index is 11.2. The Labute approximate surface area is 86.3 Å². The van der Waals surface area contributed by atoms with Crippen LogP contribution in [0.5, 0.6) is 0 Å². The first-order chi connectivity index (χ1) is 7.07. The number of aromatic amines is 1. The van der Waals surface area contributed by atoms with E-state index in [1.165, 1.54) is 12.5 Å². The minimum atomic E-state index is -3.30. The fourth-order valence-corrected chi connectivity index (χ4v) is 1.61. The molecule has 2 heterocycles. The van der Waals surface area contributed by atoms with Gasteiger partial charge in [-0.3, -0.25) is 0 Å². The third-order valence-electron chi connectivity index (χ3n) is 1.76. The zero-order valence-corrected chi connectivity index (χ0v) is 8.69. The van der Waals surface area contributed by atoms with Gasteiger partial charge in [0, 0.05) is 12.5 Å².